The number of nitrogens with zero attached hydrogens (tertiary/aromatic N) is 1. The molecule has 0 spiro atoms. The van der Waals surface area contributed by atoms with Crippen LogP contribution >= 0.6 is 11.3 Å². The Hall–Kier alpha value is -2.02. The number of halogens is 2. The van der Waals surface area contributed by atoms with Crippen molar-refractivity contribution in [2.24, 2.45) is 0 Å². The van der Waals surface area contributed by atoms with Crippen molar-refractivity contribution < 1.29 is 23.4 Å². The number of alkyl halides is 2. The van der Waals surface area contributed by atoms with Crippen LogP contribution in [0.4, 0.5) is 8.78 Å². The molecular weight excluding hydrogens is 276 g/mol. The van der Waals surface area contributed by atoms with Gasteiger partial charge in [0.05, 0.1) is 0 Å². The number of ether oxygens (including phenoxy) is 1. The fourth-order valence-electron chi connectivity index (χ4n) is 1.50. The minimum Gasteiger partial charge on any atom is -0.476 e. The maximum atomic E-state index is 12.0. The van der Waals surface area contributed by atoms with Crippen molar-refractivity contribution in [3.05, 3.63) is 34.8 Å². The quantitative estimate of drug-likeness (QED) is 0.935. The Labute approximate surface area is 111 Å². The number of carboxylic acids is 1. The van der Waals surface area contributed by atoms with Gasteiger partial charge in [-0.1, -0.05) is 0 Å². The molecule has 0 atom stereocenters. The molecule has 0 bridgehead atoms. The largest absolute Gasteiger partial charge is 0.476 e. The van der Waals surface area contributed by atoms with Crippen LogP contribution in [-0.2, 0) is 0 Å². The van der Waals surface area contributed by atoms with E-state index in [1.54, 1.807) is 19.1 Å². The standard InChI is InChI=1S/C12H9F2NO3S/c1-6-9(11(16)17)15-10(19-6)7-2-4-8(5-3-7)18-12(13)14/h2-5,12H,1H3,(H,16,17). The molecule has 0 aliphatic rings. The van der Waals surface area contributed by atoms with E-state index in [9.17, 15) is 13.6 Å². The Bertz CT molecular complexity index is 596. The first-order valence-electron chi connectivity index (χ1n) is 5.23. The molecule has 0 saturated heterocycles. The number of hydrogen-bond donors (Lipinski definition) is 1. The smallest absolute Gasteiger partial charge is 0.387 e. The summed E-state index contributed by atoms with van der Waals surface area (Å²) >= 11 is 1.23. The molecule has 2 aromatic rings. The molecular formula is C12H9F2NO3S. The number of hydrogen-bond acceptors (Lipinski definition) is 4. The normalized spacial score (nSPS) is 10.7. The van der Waals surface area contributed by atoms with Crippen molar-refractivity contribution in [1.82, 2.24) is 4.98 Å². The third-order valence-corrected chi connectivity index (χ3v) is 3.35. The van der Waals surface area contributed by atoms with Crippen molar-refractivity contribution in [3.63, 3.8) is 0 Å². The molecule has 0 fully saturated rings. The van der Waals surface area contributed by atoms with Gasteiger partial charge in [-0.05, 0) is 31.2 Å². The third kappa shape index (κ3) is 3.05. The average Bonchev–Trinajstić information content (AvgIpc) is 2.71. The van der Waals surface area contributed by atoms with Gasteiger partial charge in [-0.25, -0.2) is 9.78 Å². The first-order valence-corrected chi connectivity index (χ1v) is 6.05. The molecule has 1 aromatic heterocycles. The highest BCUT2D eigenvalue weighted by Crippen LogP contribution is 2.29. The van der Waals surface area contributed by atoms with Crippen molar-refractivity contribution in [2.45, 2.75) is 13.5 Å². The molecule has 0 amide bonds. The minimum atomic E-state index is -2.87. The zero-order valence-corrected chi connectivity index (χ0v) is 10.6. The number of rotatable bonds is 4. The zero-order valence-electron chi connectivity index (χ0n) is 9.76. The van der Waals surface area contributed by atoms with E-state index in [1.165, 1.54) is 23.5 Å². The van der Waals surface area contributed by atoms with Crippen molar-refractivity contribution in [3.8, 4) is 16.3 Å². The third-order valence-electron chi connectivity index (χ3n) is 2.33. The Morgan fingerprint density at radius 1 is 1.37 bits per heavy atom. The van der Waals surface area contributed by atoms with Crippen molar-refractivity contribution in [2.75, 3.05) is 0 Å². The summed E-state index contributed by atoms with van der Waals surface area (Å²) in [6.45, 7) is -1.20. The van der Waals surface area contributed by atoms with E-state index in [2.05, 4.69) is 9.72 Å². The molecule has 0 aliphatic heterocycles. The van der Waals surface area contributed by atoms with Crippen molar-refractivity contribution in [1.29, 1.82) is 0 Å². The van der Waals surface area contributed by atoms with Crippen LogP contribution < -0.4 is 4.74 Å². The molecule has 1 N–H and O–H groups in total. The van der Waals surface area contributed by atoms with Gasteiger partial charge in [0.2, 0.25) is 0 Å². The van der Waals surface area contributed by atoms with E-state index in [1.807, 2.05) is 0 Å². The number of aromatic nitrogens is 1. The van der Waals surface area contributed by atoms with Crippen LogP contribution in [0.2, 0.25) is 0 Å². The van der Waals surface area contributed by atoms with Gasteiger partial charge in [0, 0.05) is 10.4 Å². The summed E-state index contributed by atoms with van der Waals surface area (Å²) in [7, 11) is 0. The number of carboxylic acid groups (broad SMARTS) is 1. The van der Waals surface area contributed by atoms with E-state index in [4.69, 9.17) is 5.11 Å². The van der Waals surface area contributed by atoms with Gasteiger partial charge in [-0.3, -0.25) is 0 Å². The molecule has 0 saturated carbocycles. The van der Waals surface area contributed by atoms with Gasteiger partial charge in [0.25, 0.3) is 0 Å². The van der Waals surface area contributed by atoms with E-state index >= 15 is 0 Å². The molecule has 2 rings (SSSR count). The molecule has 1 heterocycles. The number of benzene rings is 1. The lowest BCUT2D eigenvalue weighted by Gasteiger charge is -2.04. The fraction of sp³-hybridized carbons (Fsp3) is 0.167. The van der Waals surface area contributed by atoms with Gasteiger partial charge in [-0.15, -0.1) is 11.3 Å². The Morgan fingerprint density at radius 3 is 2.47 bits per heavy atom. The highest BCUT2D eigenvalue weighted by atomic mass is 32.1. The second kappa shape index (κ2) is 5.31. The molecule has 0 unspecified atom stereocenters. The molecule has 0 radical (unpaired) electrons. The fourth-order valence-corrected chi connectivity index (χ4v) is 2.41. The minimum absolute atomic E-state index is 0.00732. The van der Waals surface area contributed by atoms with E-state index in [-0.39, 0.29) is 11.4 Å². The maximum absolute atomic E-state index is 12.0. The summed E-state index contributed by atoms with van der Waals surface area (Å²) in [5, 5.41) is 9.44. The Morgan fingerprint density at radius 2 is 2.00 bits per heavy atom. The number of thiazole rings is 1. The van der Waals surface area contributed by atoms with Gasteiger partial charge in [0.15, 0.2) is 5.69 Å². The summed E-state index contributed by atoms with van der Waals surface area (Å²) in [5.74, 6) is -1.04. The van der Waals surface area contributed by atoms with Gasteiger partial charge in [0.1, 0.15) is 10.8 Å². The van der Waals surface area contributed by atoms with Crippen LogP contribution in [0, 0.1) is 6.92 Å². The lowest BCUT2D eigenvalue weighted by molar-refractivity contribution is -0.0498. The van der Waals surface area contributed by atoms with Crippen LogP contribution in [-0.4, -0.2) is 22.7 Å². The first kappa shape index (κ1) is 13.4. The van der Waals surface area contributed by atoms with E-state index < -0.39 is 12.6 Å². The summed E-state index contributed by atoms with van der Waals surface area (Å²) in [6, 6.07) is 5.89. The molecule has 0 aliphatic carbocycles. The number of carbonyl (C=O) groups is 1. The highest BCUT2D eigenvalue weighted by Gasteiger charge is 2.15. The maximum Gasteiger partial charge on any atom is 0.387 e. The highest BCUT2D eigenvalue weighted by molar-refractivity contribution is 7.15. The molecule has 100 valence electrons. The summed E-state index contributed by atoms with van der Waals surface area (Å²) in [4.78, 5) is 15.5. The molecule has 7 heteroatoms. The van der Waals surface area contributed by atoms with Crippen LogP contribution in [0.15, 0.2) is 24.3 Å². The zero-order chi connectivity index (χ0) is 14.0. The SMILES string of the molecule is Cc1sc(-c2ccc(OC(F)F)cc2)nc1C(=O)O. The molecule has 19 heavy (non-hydrogen) atoms. The lowest BCUT2D eigenvalue weighted by Crippen LogP contribution is -2.01. The summed E-state index contributed by atoms with van der Waals surface area (Å²) in [6.07, 6.45) is 0. The molecule has 1 aromatic carbocycles. The van der Waals surface area contributed by atoms with Crippen molar-refractivity contribution >= 4 is 17.3 Å². The number of aromatic carboxylic acids is 1. The number of aryl methyl sites for hydroxylation is 1. The monoisotopic (exact) mass is 285 g/mol. The predicted octanol–water partition coefficient (Wildman–Crippen LogP) is 3.42. The second-order valence-corrected chi connectivity index (χ2v) is 4.84. The van der Waals surface area contributed by atoms with Crippen LogP contribution in [0.25, 0.3) is 10.6 Å². The lowest BCUT2D eigenvalue weighted by atomic mass is 10.2. The van der Waals surface area contributed by atoms with Gasteiger partial charge >= 0.3 is 12.6 Å². The Balaban J connectivity index is 2.27. The summed E-state index contributed by atoms with van der Waals surface area (Å²) in [5.41, 5.74) is 0.662. The van der Waals surface area contributed by atoms with E-state index in [0.717, 1.165) is 0 Å². The van der Waals surface area contributed by atoms with Crippen LogP contribution in [0.5, 0.6) is 5.75 Å². The van der Waals surface area contributed by atoms with Gasteiger partial charge in [-0.2, -0.15) is 8.78 Å². The topological polar surface area (TPSA) is 59.4 Å². The second-order valence-electron chi connectivity index (χ2n) is 3.63. The predicted molar refractivity (Wildman–Crippen MR) is 65.9 cm³/mol. The molecule has 4 nitrogen and oxygen atoms in total. The van der Waals surface area contributed by atoms with E-state index in [0.29, 0.717) is 15.4 Å². The van der Waals surface area contributed by atoms with Crippen LogP contribution in [0.1, 0.15) is 15.4 Å². The van der Waals surface area contributed by atoms with Crippen LogP contribution in [0.3, 0.4) is 0 Å². The van der Waals surface area contributed by atoms with Gasteiger partial charge < -0.3 is 9.84 Å². The average molecular weight is 285 g/mol. The Kier molecular flexibility index (Phi) is 3.75. The summed E-state index contributed by atoms with van der Waals surface area (Å²) < 4.78 is 28.2. The first-order chi connectivity index (χ1) is 8.97.